The largest absolute Gasteiger partial charge is 0.507 e. The minimum absolute atomic E-state index is 0.0599. The molecule has 0 spiro atoms. The second kappa shape index (κ2) is 4.07. The number of esters is 1. The van der Waals surface area contributed by atoms with Crippen LogP contribution in [0.3, 0.4) is 0 Å². The first-order valence-corrected chi connectivity index (χ1v) is 6.77. The lowest BCUT2D eigenvalue weighted by molar-refractivity contribution is -0.134. The molecule has 0 saturated carbocycles. The normalized spacial score (nSPS) is 19.7. The summed E-state index contributed by atoms with van der Waals surface area (Å²) in [5.74, 6) is -0.418. The van der Waals surface area contributed by atoms with Gasteiger partial charge in [-0.2, -0.15) is 0 Å². The molecule has 2 aliphatic rings. The summed E-state index contributed by atoms with van der Waals surface area (Å²) >= 11 is 0. The van der Waals surface area contributed by atoms with Gasteiger partial charge in [0.2, 0.25) is 0 Å². The lowest BCUT2D eigenvalue weighted by atomic mass is 10.00. The van der Waals surface area contributed by atoms with Crippen molar-refractivity contribution in [2.45, 2.75) is 19.4 Å². The molecule has 2 aliphatic heterocycles. The minimum Gasteiger partial charge on any atom is -0.507 e. The van der Waals surface area contributed by atoms with Gasteiger partial charge in [-0.25, -0.2) is 0 Å². The summed E-state index contributed by atoms with van der Waals surface area (Å²) in [6.45, 7) is 1.63. The number of carbonyl (C=O) groups excluding carboxylic acids is 1. The molecule has 0 aliphatic carbocycles. The Hall–Kier alpha value is -2.89. The van der Waals surface area contributed by atoms with Gasteiger partial charge in [-0.15, -0.1) is 0 Å². The summed E-state index contributed by atoms with van der Waals surface area (Å²) in [6, 6.07) is 4.54. The van der Waals surface area contributed by atoms with Crippen LogP contribution in [0, 0.1) is 0 Å². The lowest BCUT2D eigenvalue weighted by Gasteiger charge is -2.20. The van der Waals surface area contributed by atoms with Crippen LogP contribution in [0.5, 0.6) is 17.2 Å². The summed E-state index contributed by atoms with van der Waals surface area (Å²) in [5, 5.41) is 32.0. The molecule has 112 valence electrons. The number of benzene rings is 2. The van der Waals surface area contributed by atoms with Gasteiger partial charge in [0.1, 0.15) is 23.0 Å². The highest BCUT2D eigenvalue weighted by atomic mass is 16.6. The Morgan fingerprint density at radius 3 is 2.68 bits per heavy atom. The van der Waals surface area contributed by atoms with Crippen molar-refractivity contribution in [2.75, 3.05) is 0 Å². The molecule has 0 bridgehead atoms. The fraction of sp³-hybridized carbons (Fsp3) is 0.188. The van der Waals surface area contributed by atoms with Gasteiger partial charge in [0, 0.05) is 5.39 Å². The van der Waals surface area contributed by atoms with Crippen molar-refractivity contribution in [1.82, 2.24) is 0 Å². The molecular formula is C16H12O6. The van der Waals surface area contributed by atoms with Crippen LogP contribution in [0.15, 0.2) is 18.2 Å². The van der Waals surface area contributed by atoms with Gasteiger partial charge in [-0.1, -0.05) is 12.1 Å². The molecule has 1 saturated heterocycles. The standard InChI is InChI=1S/C16H12O6/c1-6-11-13(16-9(21-6)5-10(18)22-16)14(19)7-3-2-4-8(17)12(7)15(11)20/h2-4,9,17,19-20H,5H2,1H3/t9-/m0/s1. The minimum atomic E-state index is -0.597. The number of carbonyl (C=O) groups is 1. The van der Waals surface area contributed by atoms with Crippen LogP contribution in [0.2, 0.25) is 0 Å². The molecule has 2 heterocycles. The van der Waals surface area contributed by atoms with E-state index in [2.05, 4.69) is 0 Å². The first-order chi connectivity index (χ1) is 10.5. The smallest absolute Gasteiger partial charge is 0.315 e. The zero-order valence-electron chi connectivity index (χ0n) is 11.6. The molecule has 1 atom stereocenters. The zero-order valence-corrected chi connectivity index (χ0v) is 11.6. The summed E-state index contributed by atoms with van der Waals surface area (Å²) in [7, 11) is 0. The highest BCUT2D eigenvalue weighted by Crippen LogP contribution is 2.36. The second-order valence-electron chi connectivity index (χ2n) is 5.35. The van der Waals surface area contributed by atoms with Gasteiger partial charge < -0.3 is 24.8 Å². The molecular weight excluding hydrogens is 288 g/mol. The highest BCUT2D eigenvalue weighted by Gasteiger charge is 2.37. The van der Waals surface area contributed by atoms with Crippen LogP contribution in [0.1, 0.15) is 13.3 Å². The van der Waals surface area contributed by atoms with Gasteiger partial charge in [0.05, 0.1) is 22.2 Å². The Morgan fingerprint density at radius 2 is 1.91 bits per heavy atom. The fourth-order valence-corrected chi connectivity index (χ4v) is 3.12. The number of phenols is 3. The maximum Gasteiger partial charge on any atom is 0.315 e. The molecule has 3 N–H and O–H groups in total. The quantitative estimate of drug-likeness (QED) is 0.485. The Labute approximate surface area is 124 Å². The van der Waals surface area contributed by atoms with Crippen LogP contribution < -0.4 is 10.4 Å². The second-order valence-corrected chi connectivity index (χ2v) is 5.35. The van der Waals surface area contributed by atoms with E-state index in [1.807, 2.05) is 0 Å². The summed E-state index contributed by atoms with van der Waals surface area (Å²) < 4.78 is 10.8. The summed E-state index contributed by atoms with van der Waals surface area (Å²) in [6.07, 6.45) is -0.537. The molecule has 0 amide bonds. The molecule has 0 radical (unpaired) electrons. The molecule has 22 heavy (non-hydrogen) atoms. The zero-order chi connectivity index (χ0) is 15.6. The van der Waals surface area contributed by atoms with Gasteiger partial charge in [0.25, 0.3) is 0 Å². The number of aromatic hydroxyl groups is 3. The highest BCUT2D eigenvalue weighted by molar-refractivity contribution is 5.99. The van der Waals surface area contributed by atoms with Crippen molar-refractivity contribution in [3.63, 3.8) is 0 Å². The number of hydrogen-bond donors (Lipinski definition) is 3. The predicted octanol–water partition coefficient (Wildman–Crippen LogP) is 0.539. The first-order valence-electron chi connectivity index (χ1n) is 6.77. The SMILES string of the molecule is CC1=c2c(O)c3c(O)cccc3c(O)c2=C2OC(=O)C[C@@H]2O1. The van der Waals surface area contributed by atoms with Crippen molar-refractivity contribution in [3.8, 4) is 17.2 Å². The van der Waals surface area contributed by atoms with Gasteiger partial charge in [-0.05, 0) is 13.0 Å². The maximum atomic E-state index is 11.5. The number of rotatable bonds is 0. The molecule has 2 aromatic rings. The number of hydrogen-bond acceptors (Lipinski definition) is 6. The van der Waals surface area contributed by atoms with Gasteiger partial charge in [-0.3, -0.25) is 4.79 Å². The Balaban J connectivity index is 2.32. The van der Waals surface area contributed by atoms with Crippen LogP contribution in [0.4, 0.5) is 0 Å². The lowest BCUT2D eigenvalue weighted by Crippen LogP contribution is -2.37. The molecule has 6 nitrogen and oxygen atoms in total. The monoisotopic (exact) mass is 300 g/mol. The average molecular weight is 300 g/mol. The van der Waals surface area contributed by atoms with E-state index < -0.39 is 12.1 Å². The Morgan fingerprint density at radius 1 is 1.14 bits per heavy atom. The van der Waals surface area contributed by atoms with E-state index in [1.165, 1.54) is 6.07 Å². The van der Waals surface area contributed by atoms with E-state index in [-0.39, 0.29) is 50.6 Å². The molecule has 1 fully saturated rings. The molecule has 0 unspecified atom stereocenters. The average Bonchev–Trinajstić information content (AvgIpc) is 2.83. The Kier molecular flexibility index (Phi) is 2.37. The summed E-state index contributed by atoms with van der Waals surface area (Å²) in [5.41, 5.74) is 0. The third-order valence-corrected chi connectivity index (χ3v) is 4.04. The van der Waals surface area contributed by atoms with Crippen molar-refractivity contribution in [3.05, 3.63) is 28.6 Å². The van der Waals surface area contributed by atoms with E-state index in [0.29, 0.717) is 5.76 Å². The van der Waals surface area contributed by atoms with Crippen molar-refractivity contribution in [1.29, 1.82) is 0 Å². The van der Waals surface area contributed by atoms with E-state index in [4.69, 9.17) is 9.47 Å². The van der Waals surface area contributed by atoms with E-state index in [1.54, 1.807) is 19.1 Å². The predicted molar refractivity (Wildman–Crippen MR) is 76.3 cm³/mol. The van der Waals surface area contributed by atoms with E-state index >= 15 is 0 Å². The first kappa shape index (κ1) is 12.8. The van der Waals surface area contributed by atoms with E-state index in [9.17, 15) is 20.1 Å². The molecule has 6 heteroatoms. The van der Waals surface area contributed by atoms with Crippen LogP contribution in [-0.2, 0) is 14.3 Å². The molecule has 2 aromatic carbocycles. The number of ether oxygens (including phenoxy) is 2. The van der Waals surface area contributed by atoms with Gasteiger partial charge in [0.15, 0.2) is 11.9 Å². The van der Waals surface area contributed by atoms with Crippen molar-refractivity contribution in [2.24, 2.45) is 0 Å². The molecule has 4 rings (SSSR count). The molecule has 0 aromatic heterocycles. The maximum absolute atomic E-state index is 11.5. The van der Waals surface area contributed by atoms with Gasteiger partial charge >= 0.3 is 5.97 Å². The number of fused-ring (bicyclic) bond motifs is 3. The summed E-state index contributed by atoms with van der Waals surface area (Å²) in [4.78, 5) is 11.5. The third-order valence-electron chi connectivity index (χ3n) is 4.04. The van der Waals surface area contributed by atoms with Crippen molar-refractivity contribution >= 4 is 28.3 Å². The fourth-order valence-electron chi connectivity index (χ4n) is 3.12. The van der Waals surface area contributed by atoms with Crippen LogP contribution >= 0.6 is 0 Å². The van der Waals surface area contributed by atoms with E-state index in [0.717, 1.165) is 0 Å². The number of phenolic OH excluding ortho intramolecular Hbond substituents is 3. The Bertz CT molecular complexity index is 973. The van der Waals surface area contributed by atoms with Crippen LogP contribution in [-0.4, -0.2) is 27.4 Å². The van der Waals surface area contributed by atoms with Crippen LogP contribution in [0.25, 0.3) is 22.3 Å². The van der Waals surface area contributed by atoms with Crippen molar-refractivity contribution < 1.29 is 29.6 Å². The topological polar surface area (TPSA) is 96.2 Å². The third kappa shape index (κ3) is 1.46.